The number of ether oxygens (including phenoxy) is 1. The number of aryl methyl sites for hydroxylation is 2. The van der Waals surface area contributed by atoms with Crippen molar-refractivity contribution in [1.29, 1.82) is 0 Å². The quantitative estimate of drug-likeness (QED) is 0.234. The third-order valence-corrected chi connectivity index (χ3v) is 6.31. The summed E-state index contributed by atoms with van der Waals surface area (Å²) < 4.78 is 36.1. The lowest BCUT2D eigenvalue weighted by Gasteiger charge is -2.14. The highest BCUT2D eigenvalue weighted by molar-refractivity contribution is 6.08. The number of nitrogens with zero attached hydrogens (tertiary/aromatic N) is 5. The maximum Gasteiger partial charge on any atom is 0.322 e. The first-order chi connectivity index (χ1) is 19.1. The number of carbonyl (C=O) groups excluding carboxylic acids is 1. The van der Waals surface area contributed by atoms with E-state index in [0.29, 0.717) is 44.8 Å². The van der Waals surface area contributed by atoms with Crippen LogP contribution < -0.4 is 15.8 Å². The van der Waals surface area contributed by atoms with E-state index >= 15 is 0 Å². The van der Waals surface area contributed by atoms with Gasteiger partial charge in [0.05, 0.1) is 16.6 Å². The van der Waals surface area contributed by atoms with Gasteiger partial charge in [0, 0.05) is 35.8 Å². The second kappa shape index (κ2) is 10.5. The molecule has 0 saturated carbocycles. The third-order valence-electron chi connectivity index (χ3n) is 6.31. The summed E-state index contributed by atoms with van der Waals surface area (Å²) in [6.07, 6.45) is 0.00213. The fraction of sp³-hybridized carbons (Fsp3) is 0.138. The van der Waals surface area contributed by atoms with Crippen LogP contribution in [-0.4, -0.2) is 30.4 Å². The first-order valence-electron chi connectivity index (χ1n) is 12.2. The zero-order chi connectivity index (χ0) is 28.6. The fourth-order valence-corrected chi connectivity index (χ4v) is 4.38. The molecule has 202 valence electrons. The van der Waals surface area contributed by atoms with Gasteiger partial charge in [0.1, 0.15) is 23.5 Å². The van der Waals surface area contributed by atoms with E-state index in [9.17, 15) is 13.6 Å². The molecule has 40 heavy (non-hydrogen) atoms. The Bertz CT molecular complexity index is 1770. The molecule has 0 spiro atoms. The lowest BCUT2D eigenvalue weighted by molar-refractivity contribution is -0.112. The van der Waals surface area contributed by atoms with E-state index in [1.165, 1.54) is 24.7 Å². The zero-order valence-electron chi connectivity index (χ0n) is 21.9. The highest BCUT2D eigenvalue weighted by atomic mass is 19.3. The largest absolute Gasteiger partial charge is 0.424 e. The van der Waals surface area contributed by atoms with Crippen LogP contribution in [0.25, 0.3) is 33.4 Å². The van der Waals surface area contributed by atoms with Crippen LogP contribution in [0, 0.1) is 6.92 Å². The minimum Gasteiger partial charge on any atom is -0.424 e. The Morgan fingerprint density at radius 2 is 1.80 bits per heavy atom. The molecule has 5 rings (SSSR count). The summed E-state index contributed by atoms with van der Waals surface area (Å²) in [4.78, 5) is 28.8. The van der Waals surface area contributed by atoms with Gasteiger partial charge >= 0.3 is 6.01 Å². The van der Waals surface area contributed by atoms with Crippen LogP contribution in [0.4, 0.5) is 20.3 Å². The average Bonchev–Trinajstić information content (AvgIpc) is 3.22. The van der Waals surface area contributed by atoms with Crippen LogP contribution in [0.5, 0.6) is 11.8 Å². The van der Waals surface area contributed by atoms with Crippen LogP contribution in [0.3, 0.4) is 0 Å². The molecule has 9 nitrogen and oxygen atoms in total. The average molecular weight is 542 g/mol. The third kappa shape index (κ3) is 4.96. The number of nitrogens with one attached hydrogen (secondary N) is 1. The number of anilines is 2. The van der Waals surface area contributed by atoms with Gasteiger partial charge in [-0.15, -0.1) is 0 Å². The number of carbonyl (C=O) groups is 1. The fourth-order valence-electron chi connectivity index (χ4n) is 4.38. The maximum atomic E-state index is 14.3. The highest BCUT2D eigenvalue weighted by Crippen LogP contribution is 2.44. The van der Waals surface area contributed by atoms with Gasteiger partial charge in [-0.25, -0.2) is 28.7 Å². The number of fused-ring (bicyclic) bond motifs is 1. The van der Waals surface area contributed by atoms with Gasteiger partial charge in [-0.05, 0) is 55.3 Å². The standard InChI is InChI=1S/C29H25F2N7O2/c1-15(2)28(39)37-19-8-5-17(6-9-19)24-22(23-26(32)34-14-35-27(23)38(24)4)18-7-10-21(20(13-18)25(30)31)40-29-33-12-11-16(3)36-29/h5-14,25H,1H2,2-4H3,(H,37,39)(H2,32,34,35). The molecular formula is C29H25F2N7O2. The zero-order valence-corrected chi connectivity index (χ0v) is 21.9. The Kier molecular flexibility index (Phi) is 6.95. The van der Waals surface area contributed by atoms with Gasteiger partial charge in [0.15, 0.2) is 0 Å². The van der Waals surface area contributed by atoms with Crippen LogP contribution in [0.1, 0.15) is 24.6 Å². The highest BCUT2D eigenvalue weighted by Gasteiger charge is 2.24. The van der Waals surface area contributed by atoms with E-state index in [2.05, 4.69) is 31.8 Å². The van der Waals surface area contributed by atoms with Gasteiger partial charge < -0.3 is 20.4 Å². The number of hydrogen-bond donors (Lipinski definition) is 2. The van der Waals surface area contributed by atoms with Crippen molar-refractivity contribution in [3.05, 3.63) is 84.5 Å². The van der Waals surface area contributed by atoms with Crippen LogP contribution in [0.2, 0.25) is 0 Å². The monoisotopic (exact) mass is 541 g/mol. The van der Waals surface area contributed by atoms with E-state index in [1.54, 1.807) is 38.1 Å². The Labute approximate surface area is 228 Å². The van der Waals surface area contributed by atoms with Crippen molar-refractivity contribution in [2.45, 2.75) is 20.3 Å². The maximum absolute atomic E-state index is 14.3. The van der Waals surface area contributed by atoms with E-state index in [4.69, 9.17) is 10.5 Å². The Morgan fingerprint density at radius 3 is 2.48 bits per heavy atom. The molecule has 11 heteroatoms. The Hall–Kier alpha value is -5.19. The summed E-state index contributed by atoms with van der Waals surface area (Å²) in [5.74, 6) is -0.147. The van der Waals surface area contributed by atoms with Gasteiger partial charge in [-0.1, -0.05) is 24.8 Å². The number of halogens is 2. The second-order valence-electron chi connectivity index (χ2n) is 9.19. The summed E-state index contributed by atoms with van der Waals surface area (Å²) in [5.41, 5.74) is 10.6. The molecule has 1 amide bonds. The minimum absolute atomic E-state index is 0.0306. The van der Waals surface area contributed by atoms with Crippen molar-refractivity contribution in [2.24, 2.45) is 7.05 Å². The molecule has 3 N–H and O–H groups in total. The first kappa shape index (κ1) is 26.4. The smallest absolute Gasteiger partial charge is 0.322 e. The van der Waals surface area contributed by atoms with E-state index in [1.807, 2.05) is 23.7 Å². The molecule has 3 heterocycles. The Morgan fingerprint density at radius 1 is 1.07 bits per heavy atom. The summed E-state index contributed by atoms with van der Waals surface area (Å²) in [6.45, 7) is 7.02. The molecule has 3 aromatic heterocycles. The van der Waals surface area contributed by atoms with Crippen LogP contribution in [0.15, 0.2) is 73.2 Å². The molecule has 0 unspecified atom stereocenters. The normalized spacial score (nSPS) is 11.2. The molecular weight excluding hydrogens is 516 g/mol. The molecule has 2 aromatic carbocycles. The molecule has 5 aromatic rings. The van der Waals surface area contributed by atoms with Gasteiger partial charge in [-0.2, -0.15) is 0 Å². The van der Waals surface area contributed by atoms with Crippen LogP contribution in [-0.2, 0) is 11.8 Å². The number of benzene rings is 2. The molecule has 0 aliphatic rings. The lowest BCUT2D eigenvalue weighted by atomic mass is 9.97. The van der Waals surface area contributed by atoms with Crippen molar-refractivity contribution >= 4 is 28.4 Å². The number of hydrogen-bond acceptors (Lipinski definition) is 7. The molecule has 0 saturated heterocycles. The molecule has 0 fully saturated rings. The van der Waals surface area contributed by atoms with Crippen molar-refractivity contribution in [1.82, 2.24) is 24.5 Å². The van der Waals surface area contributed by atoms with E-state index in [0.717, 1.165) is 5.56 Å². The summed E-state index contributed by atoms with van der Waals surface area (Å²) in [7, 11) is 1.81. The number of rotatable bonds is 7. The first-order valence-corrected chi connectivity index (χ1v) is 12.2. The van der Waals surface area contributed by atoms with Gasteiger partial charge in [0.25, 0.3) is 12.3 Å². The topological polar surface area (TPSA) is 121 Å². The van der Waals surface area contributed by atoms with Crippen molar-refractivity contribution < 1.29 is 18.3 Å². The lowest BCUT2D eigenvalue weighted by Crippen LogP contribution is -2.11. The van der Waals surface area contributed by atoms with Crippen LogP contribution >= 0.6 is 0 Å². The Balaban J connectivity index is 1.66. The number of alkyl halides is 2. The summed E-state index contributed by atoms with van der Waals surface area (Å²) in [6, 6.07) is 13.3. The van der Waals surface area contributed by atoms with Crippen molar-refractivity contribution in [2.75, 3.05) is 11.1 Å². The van der Waals surface area contributed by atoms with Gasteiger partial charge in [0.2, 0.25) is 0 Å². The number of amides is 1. The van der Waals surface area contributed by atoms with Crippen molar-refractivity contribution in [3.8, 4) is 34.1 Å². The molecule has 0 radical (unpaired) electrons. The predicted molar refractivity (Wildman–Crippen MR) is 149 cm³/mol. The minimum atomic E-state index is -2.84. The summed E-state index contributed by atoms with van der Waals surface area (Å²) >= 11 is 0. The second-order valence-corrected chi connectivity index (χ2v) is 9.19. The molecule has 0 atom stereocenters. The molecule has 0 bridgehead atoms. The summed E-state index contributed by atoms with van der Waals surface area (Å²) in [5, 5.41) is 3.29. The number of nitrogens with two attached hydrogens (primary N) is 1. The number of aromatic nitrogens is 5. The molecule has 0 aliphatic carbocycles. The number of nitrogen functional groups attached to an aromatic ring is 1. The van der Waals surface area contributed by atoms with E-state index in [-0.39, 0.29) is 29.0 Å². The van der Waals surface area contributed by atoms with Crippen molar-refractivity contribution in [3.63, 3.8) is 0 Å². The van der Waals surface area contributed by atoms with E-state index < -0.39 is 6.43 Å². The SMILES string of the molecule is C=C(C)C(=O)Nc1ccc(-c2c(-c3ccc(Oc4nccc(C)n4)c(C(F)F)c3)c3c(N)ncnc3n2C)cc1. The van der Waals surface area contributed by atoms with Gasteiger partial charge in [-0.3, -0.25) is 4.79 Å². The molecule has 0 aliphatic heterocycles. The predicted octanol–water partition coefficient (Wildman–Crippen LogP) is 6.23.